The Morgan fingerprint density at radius 2 is 2.09 bits per heavy atom. The topological polar surface area (TPSA) is 101 Å². The molecule has 1 aliphatic rings. The summed E-state index contributed by atoms with van der Waals surface area (Å²) < 4.78 is 0. The third-order valence-corrected chi connectivity index (χ3v) is 4.83. The summed E-state index contributed by atoms with van der Waals surface area (Å²) >= 11 is 5.97. The van der Waals surface area contributed by atoms with Crippen molar-refractivity contribution in [1.29, 1.82) is 0 Å². The largest absolute Gasteiger partial charge is 0.481 e. The third kappa shape index (κ3) is 3.01. The lowest BCUT2D eigenvalue weighted by Crippen LogP contribution is -2.40. The van der Waals surface area contributed by atoms with Crippen LogP contribution < -0.4 is 0 Å². The van der Waals surface area contributed by atoms with Gasteiger partial charge in [0.2, 0.25) is 0 Å². The second-order valence-electron chi connectivity index (χ2n) is 6.01. The van der Waals surface area contributed by atoms with Crippen LogP contribution in [-0.4, -0.2) is 39.9 Å². The van der Waals surface area contributed by atoms with Crippen LogP contribution in [0.2, 0.25) is 5.02 Å². The van der Waals surface area contributed by atoms with Gasteiger partial charge in [-0.1, -0.05) is 25.4 Å². The van der Waals surface area contributed by atoms with E-state index in [1.54, 1.807) is 0 Å². The summed E-state index contributed by atoms with van der Waals surface area (Å²) in [6.07, 6.45) is 0.371. The first-order valence-electron chi connectivity index (χ1n) is 7.15. The highest BCUT2D eigenvalue weighted by Gasteiger charge is 2.48. The number of benzene rings is 1. The fourth-order valence-corrected chi connectivity index (χ4v) is 3.12. The molecule has 124 valence electrons. The fourth-order valence-electron chi connectivity index (χ4n) is 2.86. The zero-order chi connectivity index (χ0) is 17.4. The molecular weight excluding hydrogens is 324 g/mol. The zero-order valence-electron chi connectivity index (χ0n) is 12.8. The predicted molar refractivity (Wildman–Crippen MR) is 83.5 cm³/mol. The molecule has 7 nitrogen and oxygen atoms in total. The summed E-state index contributed by atoms with van der Waals surface area (Å²) in [5.74, 6) is -1.45. The van der Waals surface area contributed by atoms with Crippen molar-refractivity contribution in [3.63, 3.8) is 0 Å². The number of carbonyl (C=O) groups is 2. The van der Waals surface area contributed by atoms with E-state index in [1.165, 1.54) is 17.0 Å². The second-order valence-corrected chi connectivity index (χ2v) is 6.42. The molecule has 1 fully saturated rings. The summed E-state index contributed by atoms with van der Waals surface area (Å²) in [7, 11) is 0. The number of nitrogens with zero attached hydrogens (tertiary/aromatic N) is 2. The number of aliphatic carboxylic acids is 1. The molecule has 1 aliphatic heterocycles. The standard InChI is InChI=1S/C15H17ClN2O5/c1-9(2)15(14(20)21)5-6-17(8-15)13(19)11-4-3-10(18(22)23)7-12(11)16/h3-4,7,9H,5-6,8H2,1-2H3,(H,20,21). The van der Waals surface area contributed by atoms with Crippen molar-refractivity contribution in [2.75, 3.05) is 13.1 Å². The monoisotopic (exact) mass is 340 g/mol. The van der Waals surface area contributed by atoms with Crippen molar-refractivity contribution in [3.8, 4) is 0 Å². The number of hydrogen-bond acceptors (Lipinski definition) is 4. The third-order valence-electron chi connectivity index (χ3n) is 4.51. The van der Waals surface area contributed by atoms with Crippen molar-refractivity contribution in [2.45, 2.75) is 20.3 Å². The molecule has 23 heavy (non-hydrogen) atoms. The van der Waals surface area contributed by atoms with Crippen LogP contribution in [0.5, 0.6) is 0 Å². The number of nitro benzene ring substituents is 1. The number of carbonyl (C=O) groups excluding carboxylic acids is 1. The van der Waals surface area contributed by atoms with E-state index in [1.807, 2.05) is 13.8 Å². The molecule has 2 rings (SSSR count). The number of carboxylic acid groups (broad SMARTS) is 1. The maximum absolute atomic E-state index is 12.6. The molecule has 1 aromatic carbocycles. The van der Waals surface area contributed by atoms with Crippen molar-refractivity contribution in [1.82, 2.24) is 4.90 Å². The zero-order valence-corrected chi connectivity index (χ0v) is 13.5. The van der Waals surface area contributed by atoms with E-state index in [0.717, 1.165) is 6.07 Å². The molecular formula is C15H17ClN2O5. The molecule has 0 saturated carbocycles. The van der Waals surface area contributed by atoms with E-state index in [2.05, 4.69) is 0 Å². The Morgan fingerprint density at radius 1 is 1.43 bits per heavy atom. The van der Waals surface area contributed by atoms with E-state index in [0.29, 0.717) is 13.0 Å². The molecule has 0 spiro atoms. The van der Waals surface area contributed by atoms with Gasteiger partial charge < -0.3 is 10.0 Å². The van der Waals surface area contributed by atoms with Crippen LogP contribution in [0.3, 0.4) is 0 Å². The number of likely N-dealkylation sites (tertiary alicyclic amines) is 1. The fraction of sp³-hybridized carbons (Fsp3) is 0.467. The lowest BCUT2D eigenvalue weighted by Gasteiger charge is -2.28. The van der Waals surface area contributed by atoms with Gasteiger partial charge >= 0.3 is 5.97 Å². The Labute approximate surface area is 138 Å². The van der Waals surface area contributed by atoms with Gasteiger partial charge in [0.1, 0.15) is 0 Å². The SMILES string of the molecule is CC(C)C1(C(=O)O)CCN(C(=O)c2ccc([N+](=O)[O-])cc2Cl)C1. The normalized spacial score (nSPS) is 20.8. The lowest BCUT2D eigenvalue weighted by atomic mass is 9.76. The van der Waals surface area contributed by atoms with Crippen molar-refractivity contribution >= 4 is 29.2 Å². The minimum atomic E-state index is -0.969. The first kappa shape index (κ1) is 17.2. The Hall–Kier alpha value is -2.15. The molecule has 1 saturated heterocycles. The summed E-state index contributed by atoms with van der Waals surface area (Å²) in [5.41, 5.74) is -1.03. The van der Waals surface area contributed by atoms with Crippen LogP contribution in [0, 0.1) is 21.4 Å². The maximum atomic E-state index is 12.6. The van der Waals surface area contributed by atoms with E-state index in [4.69, 9.17) is 11.6 Å². The highest BCUT2D eigenvalue weighted by atomic mass is 35.5. The van der Waals surface area contributed by atoms with Gasteiger partial charge in [0.25, 0.3) is 11.6 Å². The molecule has 0 radical (unpaired) electrons. The molecule has 8 heteroatoms. The van der Waals surface area contributed by atoms with Gasteiger partial charge in [0, 0.05) is 25.2 Å². The molecule has 1 atom stereocenters. The van der Waals surface area contributed by atoms with Gasteiger partial charge in [-0.25, -0.2) is 0 Å². The molecule has 0 aromatic heterocycles. The minimum Gasteiger partial charge on any atom is -0.481 e. The molecule has 1 N–H and O–H groups in total. The quantitative estimate of drug-likeness (QED) is 0.670. The highest BCUT2D eigenvalue weighted by Crippen LogP contribution is 2.39. The van der Waals surface area contributed by atoms with Crippen LogP contribution in [0.1, 0.15) is 30.6 Å². The number of rotatable bonds is 4. The highest BCUT2D eigenvalue weighted by molar-refractivity contribution is 6.34. The summed E-state index contributed by atoms with van der Waals surface area (Å²) in [6, 6.07) is 3.64. The first-order valence-corrected chi connectivity index (χ1v) is 7.53. The summed E-state index contributed by atoms with van der Waals surface area (Å²) in [5, 5.41) is 20.2. The van der Waals surface area contributed by atoms with E-state index >= 15 is 0 Å². The number of nitro groups is 1. The summed E-state index contributed by atoms with van der Waals surface area (Å²) in [6.45, 7) is 4.06. The van der Waals surface area contributed by atoms with Crippen LogP contribution in [0.4, 0.5) is 5.69 Å². The van der Waals surface area contributed by atoms with E-state index in [9.17, 15) is 24.8 Å². The number of carboxylic acids is 1. The van der Waals surface area contributed by atoms with Gasteiger partial charge in [-0.2, -0.15) is 0 Å². The number of hydrogen-bond donors (Lipinski definition) is 1. The minimum absolute atomic E-state index is 0.0124. The average Bonchev–Trinajstić information content (AvgIpc) is 2.93. The van der Waals surface area contributed by atoms with Gasteiger partial charge in [-0.15, -0.1) is 0 Å². The smallest absolute Gasteiger partial charge is 0.311 e. The van der Waals surface area contributed by atoms with Crippen molar-refractivity contribution in [2.24, 2.45) is 11.3 Å². The molecule has 0 bridgehead atoms. The van der Waals surface area contributed by atoms with Gasteiger partial charge in [-0.3, -0.25) is 19.7 Å². The molecule has 1 unspecified atom stereocenters. The van der Waals surface area contributed by atoms with Gasteiger partial charge in [-0.05, 0) is 18.4 Å². The molecule has 1 amide bonds. The predicted octanol–water partition coefficient (Wildman–Crippen LogP) is 2.82. The Bertz CT molecular complexity index is 676. The average molecular weight is 341 g/mol. The van der Waals surface area contributed by atoms with Crippen molar-refractivity contribution < 1.29 is 19.6 Å². The Morgan fingerprint density at radius 3 is 2.52 bits per heavy atom. The van der Waals surface area contributed by atoms with Crippen LogP contribution in [-0.2, 0) is 4.79 Å². The number of halogens is 1. The van der Waals surface area contributed by atoms with E-state index in [-0.39, 0.29) is 28.7 Å². The Kier molecular flexibility index (Phi) is 4.61. The second kappa shape index (κ2) is 6.16. The molecule has 0 aliphatic carbocycles. The van der Waals surface area contributed by atoms with Crippen LogP contribution in [0.25, 0.3) is 0 Å². The van der Waals surface area contributed by atoms with Crippen LogP contribution >= 0.6 is 11.6 Å². The number of amides is 1. The number of non-ortho nitro benzene ring substituents is 1. The first-order chi connectivity index (χ1) is 10.7. The lowest BCUT2D eigenvalue weighted by molar-refractivity contribution is -0.384. The Balaban J connectivity index is 2.26. The van der Waals surface area contributed by atoms with Crippen molar-refractivity contribution in [3.05, 3.63) is 38.9 Å². The van der Waals surface area contributed by atoms with Gasteiger partial charge in [0.05, 0.1) is 20.9 Å². The van der Waals surface area contributed by atoms with E-state index < -0.39 is 22.2 Å². The van der Waals surface area contributed by atoms with Gasteiger partial charge in [0.15, 0.2) is 0 Å². The summed E-state index contributed by atoms with van der Waals surface area (Å²) in [4.78, 5) is 35.7. The maximum Gasteiger partial charge on any atom is 0.311 e. The van der Waals surface area contributed by atoms with Crippen LogP contribution in [0.15, 0.2) is 18.2 Å². The molecule has 1 aromatic rings. The molecule has 1 heterocycles.